The van der Waals surface area contributed by atoms with E-state index in [2.05, 4.69) is 4.98 Å². The Morgan fingerprint density at radius 1 is 1.53 bits per heavy atom. The molecule has 1 aromatic heterocycles. The van der Waals surface area contributed by atoms with Crippen LogP contribution in [0.4, 0.5) is 0 Å². The highest BCUT2D eigenvalue weighted by atomic mass is 16.2. The fraction of sp³-hybridized carbons (Fsp3) is 0. The van der Waals surface area contributed by atoms with Crippen molar-refractivity contribution in [1.82, 2.24) is 10.3 Å². The molecule has 0 fully saturated rings. The van der Waals surface area contributed by atoms with Crippen molar-refractivity contribution in [2.75, 3.05) is 0 Å². The molecule has 1 amide bonds. The van der Waals surface area contributed by atoms with Gasteiger partial charge in [-0.3, -0.25) is 19.9 Å². The van der Waals surface area contributed by atoms with Gasteiger partial charge in [-0.2, -0.15) is 0 Å². The van der Waals surface area contributed by atoms with Crippen LogP contribution in [0.2, 0.25) is 0 Å². The SMILES string of the molecule is C#CNC(=O)C([C]=O)=Cc1ccccn1. The Balaban J connectivity index is 2.94. The fourth-order valence-electron chi connectivity index (χ4n) is 0.883. The number of nitrogens with zero attached hydrogens (tertiary/aromatic N) is 1. The van der Waals surface area contributed by atoms with E-state index in [-0.39, 0.29) is 5.57 Å². The number of hydrogen-bond acceptors (Lipinski definition) is 3. The van der Waals surface area contributed by atoms with Gasteiger partial charge in [-0.1, -0.05) is 12.5 Å². The van der Waals surface area contributed by atoms with Crippen molar-refractivity contribution in [2.45, 2.75) is 0 Å². The molecule has 1 N–H and O–H groups in total. The van der Waals surface area contributed by atoms with Gasteiger partial charge in [0, 0.05) is 12.2 Å². The standard InChI is InChI=1S/C11H7N2O2/c1-2-12-11(15)9(8-14)7-10-5-3-4-6-13-10/h1,3-7H,(H,12,15). The molecule has 1 aromatic rings. The molecule has 4 heteroatoms. The lowest BCUT2D eigenvalue weighted by molar-refractivity contribution is -0.115. The minimum Gasteiger partial charge on any atom is -0.285 e. The number of aromatic nitrogens is 1. The van der Waals surface area contributed by atoms with Crippen LogP contribution in [0.1, 0.15) is 5.69 Å². The van der Waals surface area contributed by atoms with Crippen LogP contribution in [0, 0.1) is 12.5 Å². The van der Waals surface area contributed by atoms with Crippen LogP contribution in [0.25, 0.3) is 6.08 Å². The van der Waals surface area contributed by atoms with Crippen molar-refractivity contribution in [3.8, 4) is 12.5 Å². The highest BCUT2D eigenvalue weighted by molar-refractivity contribution is 6.14. The number of nitrogens with one attached hydrogen (secondary N) is 1. The Morgan fingerprint density at radius 3 is 2.87 bits per heavy atom. The summed E-state index contributed by atoms with van der Waals surface area (Å²) in [6, 6.07) is 7.04. The van der Waals surface area contributed by atoms with E-state index >= 15 is 0 Å². The van der Waals surface area contributed by atoms with E-state index < -0.39 is 5.91 Å². The van der Waals surface area contributed by atoms with E-state index in [1.165, 1.54) is 12.4 Å². The van der Waals surface area contributed by atoms with Gasteiger partial charge in [0.15, 0.2) is 0 Å². The summed E-state index contributed by atoms with van der Waals surface area (Å²) < 4.78 is 0. The van der Waals surface area contributed by atoms with E-state index in [9.17, 15) is 9.59 Å². The van der Waals surface area contributed by atoms with Gasteiger partial charge < -0.3 is 0 Å². The van der Waals surface area contributed by atoms with Crippen LogP contribution < -0.4 is 5.32 Å². The maximum atomic E-state index is 11.2. The topological polar surface area (TPSA) is 59.1 Å². The Morgan fingerprint density at radius 2 is 2.33 bits per heavy atom. The monoisotopic (exact) mass is 199 g/mol. The number of rotatable bonds is 3. The van der Waals surface area contributed by atoms with Crippen molar-refractivity contribution in [3.63, 3.8) is 0 Å². The summed E-state index contributed by atoms with van der Waals surface area (Å²) in [6.07, 6.45) is 9.21. The second kappa shape index (κ2) is 5.35. The minimum atomic E-state index is -0.668. The highest BCUT2D eigenvalue weighted by Gasteiger charge is 2.07. The van der Waals surface area contributed by atoms with Crippen molar-refractivity contribution in [3.05, 3.63) is 35.7 Å². The van der Waals surface area contributed by atoms with E-state index in [1.807, 2.05) is 11.4 Å². The van der Waals surface area contributed by atoms with Crippen LogP contribution in [-0.2, 0) is 9.59 Å². The van der Waals surface area contributed by atoms with E-state index in [0.717, 1.165) is 0 Å². The minimum absolute atomic E-state index is 0.188. The quantitative estimate of drug-likeness (QED) is 0.250. The number of terminal acetylenes is 1. The molecule has 0 aliphatic rings. The first-order chi connectivity index (χ1) is 7.27. The van der Waals surface area contributed by atoms with Crippen LogP contribution >= 0.6 is 0 Å². The zero-order valence-corrected chi connectivity index (χ0v) is 7.73. The largest absolute Gasteiger partial charge is 0.285 e. The zero-order chi connectivity index (χ0) is 11.1. The molecule has 1 radical (unpaired) electrons. The normalized spacial score (nSPS) is 10.2. The number of hydrogen-bond donors (Lipinski definition) is 1. The smallest absolute Gasteiger partial charge is 0.266 e. The van der Waals surface area contributed by atoms with Gasteiger partial charge in [-0.25, -0.2) is 0 Å². The van der Waals surface area contributed by atoms with Crippen LogP contribution in [0.3, 0.4) is 0 Å². The molecule has 0 aliphatic carbocycles. The summed E-state index contributed by atoms with van der Waals surface area (Å²) in [5.74, 6) is -0.668. The molecule has 1 heterocycles. The number of amides is 1. The van der Waals surface area contributed by atoms with Crippen molar-refractivity contribution < 1.29 is 9.59 Å². The van der Waals surface area contributed by atoms with Gasteiger partial charge >= 0.3 is 0 Å². The third-order valence-corrected chi connectivity index (χ3v) is 1.52. The Bertz CT molecular complexity index is 430. The van der Waals surface area contributed by atoms with E-state index in [1.54, 1.807) is 24.4 Å². The molecule has 4 nitrogen and oxygen atoms in total. The molecule has 0 saturated heterocycles. The average Bonchev–Trinajstić information content (AvgIpc) is 2.27. The number of pyridine rings is 1. The summed E-state index contributed by atoms with van der Waals surface area (Å²) in [5.41, 5.74) is 0.301. The molecular formula is C11H7N2O2. The third-order valence-electron chi connectivity index (χ3n) is 1.52. The van der Waals surface area contributed by atoms with Gasteiger partial charge in [0.25, 0.3) is 5.91 Å². The molecule has 15 heavy (non-hydrogen) atoms. The molecule has 0 aliphatic heterocycles. The van der Waals surface area contributed by atoms with E-state index in [4.69, 9.17) is 6.42 Å². The Kier molecular flexibility index (Phi) is 3.80. The summed E-state index contributed by atoms with van der Waals surface area (Å²) in [6.45, 7) is 0. The van der Waals surface area contributed by atoms with Crippen molar-refractivity contribution >= 4 is 18.3 Å². The molecule has 0 unspecified atom stereocenters. The van der Waals surface area contributed by atoms with E-state index in [0.29, 0.717) is 5.69 Å². The molecule has 1 rings (SSSR count). The van der Waals surface area contributed by atoms with Gasteiger partial charge in [0.2, 0.25) is 6.29 Å². The highest BCUT2D eigenvalue weighted by Crippen LogP contribution is 2.01. The number of carbonyl (C=O) groups is 1. The second-order valence-electron chi connectivity index (χ2n) is 2.51. The maximum absolute atomic E-state index is 11.2. The third kappa shape index (κ3) is 3.08. The lowest BCUT2D eigenvalue weighted by Gasteiger charge is -1.96. The Hall–Kier alpha value is -2.41. The van der Waals surface area contributed by atoms with Gasteiger partial charge in [0.05, 0.1) is 11.3 Å². The number of carbonyl (C=O) groups excluding carboxylic acids is 2. The molecule has 0 aromatic carbocycles. The first-order valence-corrected chi connectivity index (χ1v) is 4.04. The summed E-state index contributed by atoms with van der Waals surface area (Å²) in [7, 11) is 0. The maximum Gasteiger partial charge on any atom is 0.266 e. The predicted molar refractivity (Wildman–Crippen MR) is 54.9 cm³/mol. The lowest BCUT2D eigenvalue weighted by atomic mass is 10.2. The first kappa shape index (κ1) is 10.7. The molecular weight excluding hydrogens is 192 g/mol. The van der Waals surface area contributed by atoms with Crippen molar-refractivity contribution in [2.24, 2.45) is 0 Å². The summed E-state index contributed by atoms with van der Waals surface area (Å²) >= 11 is 0. The van der Waals surface area contributed by atoms with Crippen molar-refractivity contribution in [1.29, 1.82) is 0 Å². The van der Waals surface area contributed by atoms with Crippen LogP contribution in [0.5, 0.6) is 0 Å². The summed E-state index contributed by atoms with van der Waals surface area (Å²) in [5, 5.41) is 2.05. The first-order valence-electron chi connectivity index (χ1n) is 4.04. The zero-order valence-electron chi connectivity index (χ0n) is 7.73. The Labute approximate surface area is 87.0 Å². The lowest BCUT2D eigenvalue weighted by Crippen LogP contribution is -2.20. The van der Waals surface area contributed by atoms with Gasteiger partial charge in [-0.15, -0.1) is 0 Å². The molecule has 0 atom stereocenters. The average molecular weight is 199 g/mol. The molecule has 0 bridgehead atoms. The fourth-order valence-corrected chi connectivity index (χ4v) is 0.883. The molecule has 73 valence electrons. The molecule has 0 saturated carbocycles. The van der Waals surface area contributed by atoms with Crippen LogP contribution in [0.15, 0.2) is 30.0 Å². The second-order valence-corrected chi connectivity index (χ2v) is 2.51. The van der Waals surface area contributed by atoms with Gasteiger partial charge in [-0.05, 0) is 18.2 Å². The predicted octanol–water partition coefficient (Wildman–Crippen LogP) is 0.282. The summed E-state index contributed by atoms with van der Waals surface area (Å²) in [4.78, 5) is 25.6. The van der Waals surface area contributed by atoms with Gasteiger partial charge in [0.1, 0.15) is 0 Å². The van der Waals surface area contributed by atoms with Crippen LogP contribution in [-0.4, -0.2) is 17.2 Å². The molecule has 0 spiro atoms.